The Morgan fingerprint density at radius 3 is 2.20 bits per heavy atom. The number of esters is 1. The molecule has 0 aliphatic carbocycles. The highest BCUT2D eigenvalue weighted by Gasteiger charge is 2.27. The standard InChI is InChI=1S/C18H22O7/c1-9(2)18(24)25-8-10(3)14-12(7-11(4)19)5-6-13(16(20)21)15(14)17(22)23/h5-6,10-11,19H,1,7-8H2,2-4H3,(H,20,21)(H,22,23). The van der Waals surface area contributed by atoms with Crippen LogP contribution < -0.4 is 0 Å². The van der Waals surface area contributed by atoms with Gasteiger partial charge in [0.2, 0.25) is 0 Å². The number of benzene rings is 1. The Kier molecular flexibility index (Phi) is 6.87. The fraction of sp³-hybridized carbons (Fsp3) is 0.389. The quantitative estimate of drug-likeness (QED) is 0.485. The second kappa shape index (κ2) is 8.43. The molecule has 0 fully saturated rings. The number of carbonyl (C=O) groups excluding carboxylic acids is 1. The Bertz CT molecular complexity index is 704. The zero-order chi connectivity index (χ0) is 19.3. The number of aromatic carboxylic acids is 2. The topological polar surface area (TPSA) is 121 Å². The number of hydrogen-bond acceptors (Lipinski definition) is 5. The van der Waals surface area contributed by atoms with E-state index in [1.807, 2.05) is 0 Å². The fourth-order valence-electron chi connectivity index (χ4n) is 2.54. The summed E-state index contributed by atoms with van der Waals surface area (Å²) in [5.74, 6) is -3.95. The molecule has 0 radical (unpaired) electrons. The summed E-state index contributed by atoms with van der Waals surface area (Å²) in [6.45, 7) is 7.99. The van der Waals surface area contributed by atoms with Crippen molar-refractivity contribution >= 4 is 17.9 Å². The molecule has 7 nitrogen and oxygen atoms in total. The molecule has 0 bridgehead atoms. The Hall–Kier alpha value is -2.67. The van der Waals surface area contributed by atoms with E-state index in [1.165, 1.54) is 19.1 Å². The van der Waals surface area contributed by atoms with Crippen LogP contribution in [-0.4, -0.2) is 45.9 Å². The molecule has 0 aliphatic heterocycles. The molecule has 1 aromatic rings. The van der Waals surface area contributed by atoms with E-state index in [0.717, 1.165) is 0 Å². The van der Waals surface area contributed by atoms with Crippen molar-refractivity contribution in [3.63, 3.8) is 0 Å². The first-order valence-electron chi connectivity index (χ1n) is 7.69. The van der Waals surface area contributed by atoms with Crippen LogP contribution in [0.3, 0.4) is 0 Å². The molecule has 2 unspecified atom stereocenters. The van der Waals surface area contributed by atoms with Crippen molar-refractivity contribution in [1.82, 2.24) is 0 Å². The summed E-state index contributed by atoms with van der Waals surface area (Å²) in [7, 11) is 0. The molecule has 7 heteroatoms. The molecule has 1 rings (SSSR count). The van der Waals surface area contributed by atoms with E-state index in [2.05, 4.69) is 6.58 Å². The Labute approximate surface area is 145 Å². The van der Waals surface area contributed by atoms with E-state index < -0.39 is 29.9 Å². The van der Waals surface area contributed by atoms with Gasteiger partial charge in [-0.1, -0.05) is 19.6 Å². The van der Waals surface area contributed by atoms with Gasteiger partial charge in [0.1, 0.15) is 0 Å². The number of ether oxygens (including phenoxy) is 1. The lowest BCUT2D eigenvalue weighted by atomic mass is 9.86. The summed E-state index contributed by atoms with van der Waals surface area (Å²) in [5.41, 5.74) is 0.229. The van der Waals surface area contributed by atoms with Crippen molar-refractivity contribution in [1.29, 1.82) is 0 Å². The predicted molar refractivity (Wildman–Crippen MR) is 89.9 cm³/mol. The van der Waals surface area contributed by atoms with Crippen LogP contribution >= 0.6 is 0 Å². The van der Waals surface area contributed by atoms with Crippen LogP contribution in [0.4, 0.5) is 0 Å². The second-order valence-corrected chi connectivity index (χ2v) is 6.00. The zero-order valence-electron chi connectivity index (χ0n) is 14.4. The van der Waals surface area contributed by atoms with E-state index in [4.69, 9.17) is 4.74 Å². The van der Waals surface area contributed by atoms with Gasteiger partial charge in [-0.3, -0.25) is 0 Å². The largest absolute Gasteiger partial charge is 0.478 e. The first-order chi connectivity index (χ1) is 11.6. The summed E-state index contributed by atoms with van der Waals surface area (Å²) in [6.07, 6.45) is -0.602. The Morgan fingerprint density at radius 1 is 1.16 bits per heavy atom. The highest BCUT2D eigenvalue weighted by molar-refractivity contribution is 6.03. The molecule has 0 spiro atoms. The van der Waals surface area contributed by atoms with Gasteiger partial charge in [-0.25, -0.2) is 14.4 Å². The zero-order valence-corrected chi connectivity index (χ0v) is 14.4. The lowest BCUT2D eigenvalue weighted by molar-refractivity contribution is -0.139. The van der Waals surface area contributed by atoms with E-state index in [9.17, 15) is 29.7 Å². The van der Waals surface area contributed by atoms with Gasteiger partial charge in [-0.15, -0.1) is 0 Å². The lowest BCUT2D eigenvalue weighted by Gasteiger charge is -2.21. The summed E-state index contributed by atoms with van der Waals surface area (Å²) in [4.78, 5) is 34.6. The van der Waals surface area contributed by atoms with E-state index in [-0.39, 0.29) is 35.3 Å². The summed E-state index contributed by atoms with van der Waals surface area (Å²) >= 11 is 0. The van der Waals surface area contributed by atoms with Crippen molar-refractivity contribution in [3.05, 3.63) is 46.5 Å². The van der Waals surface area contributed by atoms with Crippen molar-refractivity contribution in [3.8, 4) is 0 Å². The molecular weight excluding hydrogens is 328 g/mol. The molecule has 0 saturated heterocycles. The summed E-state index contributed by atoms with van der Waals surface area (Å²) in [5, 5.41) is 28.4. The van der Waals surface area contributed by atoms with Crippen LogP contribution in [0, 0.1) is 0 Å². The average molecular weight is 350 g/mol. The number of carbonyl (C=O) groups is 3. The SMILES string of the molecule is C=C(C)C(=O)OCC(C)c1c(CC(C)O)ccc(C(=O)O)c1C(=O)O. The maximum Gasteiger partial charge on any atom is 0.336 e. The van der Waals surface area contributed by atoms with Gasteiger partial charge in [0.05, 0.1) is 23.8 Å². The van der Waals surface area contributed by atoms with Crippen LogP contribution in [0.1, 0.15) is 58.5 Å². The molecule has 0 aliphatic rings. The van der Waals surface area contributed by atoms with Crippen LogP contribution in [0.25, 0.3) is 0 Å². The summed E-state index contributed by atoms with van der Waals surface area (Å²) < 4.78 is 5.07. The van der Waals surface area contributed by atoms with Gasteiger partial charge in [0, 0.05) is 11.5 Å². The smallest absolute Gasteiger partial charge is 0.336 e. The van der Waals surface area contributed by atoms with Gasteiger partial charge in [-0.2, -0.15) is 0 Å². The van der Waals surface area contributed by atoms with Gasteiger partial charge in [-0.05, 0) is 37.5 Å². The molecule has 0 heterocycles. The molecule has 0 amide bonds. The third kappa shape index (κ3) is 5.15. The predicted octanol–water partition coefficient (Wildman–Crippen LogP) is 2.23. The molecule has 3 N–H and O–H groups in total. The molecular formula is C18H22O7. The Morgan fingerprint density at radius 2 is 1.76 bits per heavy atom. The highest BCUT2D eigenvalue weighted by Crippen LogP contribution is 2.29. The Balaban J connectivity index is 3.42. The van der Waals surface area contributed by atoms with E-state index in [1.54, 1.807) is 13.8 Å². The third-order valence-corrected chi connectivity index (χ3v) is 3.60. The lowest BCUT2D eigenvalue weighted by Crippen LogP contribution is -2.20. The normalized spacial score (nSPS) is 13.0. The number of carboxylic acids is 2. The fourth-order valence-corrected chi connectivity index (χ4v) is 2.54. The molecule has 0 saturated carbocycles. The molecule has 0 aromatic heterocycles. The minimum Gasteiger partial charge on any atom is -0.478 e. The van der Waals surface area contributed by atoms with Crippen molar-refractivity contribution in [2.24, 2.45) is 0 Å². The van der Waals surface area contributed by atoms with Crippen LogP contribution in [0.15, 0.2) is 24.3 Å². The van der Waals surface area contributed by atoms with Gasteiger partial charge < -0.3 is 20.1 Å². The minimum atomic E-state index is -1.39. The number of aliphatic hydroxyl groups excluding tert-OH is 1. The maximum atomic E-state index is 11.7. The molecule has 136 valence electrons. The van der Waals surface area contributed by atoms with Gasteiger partial charge >= 0.3 is 17.9 Å². The number of hydrogen-bond donors (Lipinski definition) is 3. The average Bonchev–Trinajstić information content (AvgIpc) is 2.50. The highest BCUT2D eigenvalue weighted by atomic mass is 16.5. The van der Waals surface area contributed by atoms with Crippen molar-refractivity contribution in [2.45, 2.75) is 39.2 Å². The van der Waals surface area contributed by atoms with Crippen LogP contribution in [0.2, 0.25) is 0 Å². The van der Waals surface area contributed by atoms with Gasteiger partial charge in [0.25, 0.3) is 0 Å². The molecule has 2 atom stereocenters. The first kappa shape index (κ1) is 20.4. The number of rotatable bonds is 8. The number of aliphatic hydroxyl groups is 1. The van der Waals surface area contributed by atoms with Gasteiger partial charge in [0.15, 0.2) is 0 Å². The van der Waals surface area contributed by atoms with Crippen molar-refractivity contribution in [2.75, 3.05) is 6.61 Å². The molecule has 25 heavy (non-hydrogen) atoms. The van der Waals surface area contributed by atoms with E-state index in [0.29, 0.717) is 5.56 Å². The van der Waals surface area contributed by atoms with Crippen LogP contribution in [0.5, 0.6) is 0 Å². The second-order valence-electron chi connectivity index (χ2n) is 6.00. The third-order valence-electron chi connectivity index (χ3n) is 3.60. The molecule has 1 aromatic carbocycles. The van der Waals surface area contributed by atoms with Crippen LogP contribution in [-0.2, 0) is 16.0 Å². The first-order valence-corrected chi connectivity index (χ1v) is 7.69. The number of carboxylic acid groups (broad SMARTS) is 2. The van der Waals surface area contributed by atoms with E-state index >= 15 is 0 Å². The summed E-state index contributed by atoms with van der Waals surface area (Å²) in [6, 6.07) is 2.69. The maximum absolute atomic E-state index is 11.7. The van der Waals surface area contributed by atoms with Crippen molar-refractivity contribution < 1.29 is 34.4 Å². The minimum absolute atomic E-state index is 0.137. The monoisotopic (exact) mass is 350 g/mol.